The molecule has 1 aromatic carbocycles. The summed E-state index contributed by atoms with van der Waals surface area (Å²) in [6.07, 6.45) is 1.02. The highest BCUT2D eigenvalue weighted by atomic mass is 16.5. The summed E-state index contributed by atoms with van der Waals surface area (Å²) >= 11 is 0. The largest absolute Gasteiger partial charge is 0.458 e. The van der Waals surface area contributed by atoms with Crippen LogP contribution in [-0.2, 0) is 78.3 Å². The zero-order chi connectivity index (χ0) is 79.4. The SMILES string of the molecule is C/C=C1\NC(=O)[C@H](Cc2ccccc2)NC(=O)C(C(C)C)NC(=O)[C@@H](C(C)CC)NC(=O)C(NC(=O)[C@H](NC(=O)[C@H](CCCN)NC(=O)[C@H]2CCCN2C(=O)C(NC(=O)C(NC(=O)C(NC(=O)C(NC(=O)CCCC(C)C)C(C)C)C(C)O)C(C)C)C(C)C)C(C)CC)C(C)OC(=O)C(C(C)C)NC1=O. The van der Waals surface area contributed by atoms with E-state index in [4.69, 9.17) is 10.5 Å². The van der Waals surface area contributed by atoms with E-state index in [0.29, 0.717) is 30.7 Å². The van der Waals surface area contributed by atoms with Crippen LogP contribution in [0.4, 0.5) is 0 Å². The molecule has 30 nitrogen and oxygen atoms in total. The molecule has 0 bridgehead atoms. The number of benzene rings is 1. The Morgan fingerprint density at radius 3 is 1.69 bits per heavy atom. The van der Waals surface area contributed by atoms with E-state index in [2.05, 4.69) is 63.8 Å². The van der Waals surface area contributed by atoms with E-state index in [9.17, 15) is 62.6 Å². The van der Waals surface area contributed by atoms with Crippen LogP contribution in [0.1, 0.15) is 195 Å². The number of nitrogens with zero attached hydrogens (tertiary/aromatic N) is 1. The molecule has 1 aromatic rings. The lowest BCUT2D eigenvalue weighted by Crippen LogP contribution is -2.64. The predicted molar refractivity (Wildman–Crippen MR) is 395 cm³/mol. The van der Waals surface area contributed by atoms with Gasteiger partial charge in [0.1, 0.15) is 84.3 Å². The van der Waals surface area contributed by atoms with Gasteiger partial charge in [-0.05, 0) is 112 Å². The Labute approximate surface area is 620 Å². The molecule has 2 fully saturated rings. The highest BCUT2D eigenvalue weighted by Crippen LogP contribution is 2.23. The number of rotatable bonds is 33. The maximum atomic E-state index is 15.0. The minimum absolute atomic E-state index is 0.0355. The number of hydrogen-bond donors (Lipinski definition) is 14. The Kier molecular flexibility index (Phi) is 37.8. The number of cyclic esters (lactones) is 1. The summed E-state index contributed by atoms with van der Waals surface area (Å²) in [5.41, 5.74) is 6.34. The van der Waals surface area contributed by atoms with Crippen molar-refractivity contribution in [3.05, 3.63) is 47.7 Å². The number of nitrogens with two attached hydrogens (primary N) is 1. The Balaban J connectivity index is 2.00. The molecule has 13 amide bonds. The molecule has 2 heterocycles. The molecule has 2 saturated heterocycles. The molecule has 0 aromatic heterocycles. The molecule has 0 aliphatic carbocycles. The van der Waals surface area contributed by atoms with Gasteiger partial charge in [-0.1, -0.05) is 166 Å². The number of carbonyl (C=O) groups is 14. The number of aliphatic hydroxyl groups is 1. The van der Waals surface area contributed by atoms with Gasteiger partial charge in [0, 0.05) is 19.4 Å². The highest BCUT2D eigenvalue weighted by Gasteiger charge is 2.44. The van der Waals surface area contributed by atoms with Crippen molar-refractivity contribution in [2.45, 2.75) is 280 Å². The number of hydrogen-bond acceptors (Lipinski definition) is 17. The second-order valence-corrected chi connectivity index (χ2v) is 30.2. The lowest BCUT2D eigenvalue weighted by molar-refractivity contribution is -0.157. The van der Waals surface area contributed by atoms with Crippen molar-refractivity contribution in [2.24, 2.45) is 53.1 Å². The van der Waals surface area contributed by atoms with Gasteiger partial charge in [0.25, 0.3) is 5.91 Å². The number of amides is 13. The fraction of sp³-hybridized carbons (Fsp3) is 0.707. The number of ether oxygens (including phenoxy) is 1. The van der Waals surface area contributed by atoms with E-state index in [-0.39, 0.29) is 63.2 Å². The van der Waals surface area contributed by atoms with Gasteiger partial charge < -0.3 is 84.3 Å². The molecular weight excluding hydrogens is 1350 g/mol. The van der Waals surface area contributed by atoms with Gasteiger partial charge in [-0.25, -0.2) is 4.79 Å². The Morgan fingerprint density at radius 2 is 1.15 bits per heavy atom. The third kappa shape index (κ3) is 27.7. The summed E-state index contributed by atoms with van der Waals surface area (Å²) in [7, 11) is 0. The van der Waals surface area contributed by atoms with Crippen LogP contribution >= 0.6 is 0 Å². The predicted octanol–water partition coefficient (Wildman–Crippen LogP) is 1.84. The van der Waals surface area contributed by atoms with Gasteiger partial charge in [0.15, 0.2) is 0 Å². The minimum atomic E-state index is -1.83. The van der Waals surface area contributed by atoms with Gasteiger partial charge in [0.2, 0.25) is 70.9 Å². The summed E-state index contributed by atoms with van der Waals surface area (Å²) in [6, 6.07) is -7.67. The second-order valence-electron chi connectivity index (χ2n) is 30.2. The fourth-order valence-corrected chi connectivity index (χ4v) is 12.1. The zero-order valence-electron chi connectivity index (χ0n) is 65.2. The van der Waals surface area contributed by atoms with Gasteiger partial charge in [-0.2, -0.15) is 0 Å². The van der Waals surface area contributed by atoms with E-state index in [1.54, 1.807) is 127 Å². The third-order valence-corrected chi connectivity index (χ3v) is 19.3. The summed E-state index contributed by atoms with van der Waals surface area (Å²) < 4.78 is 5.96. The van der Waals surface area contributed by atoms with Gasteiger partial charge in [-0.15, -0.1) is 0 Å². The Bertz CT molecular complexity index is 3160. The van der Waals surface area contributed by atoms with Crippen molar-refractivity contribution in [3.63, 3.8) is 0 Å². The van der Waals surface area contributed by atoms with Crippen LogP contribution in [0.5, 0.6) is 0 Å². The first-order valence-corrected chi connectivity index (χ1v) is 37.5. The average molecular weight is 1480 g/mol. The van der Waals surface area contributed by atoms with Crippen LogP contribution in [-0.4, -0.2) is 191 Å². The fourth-order valence-electron chi connectivity index (χ4n) is 12.1. The summed E-state index contributed by atoms with van der Waals surface area (Å²) in [6.45, 7) is 31.8. The first kappa shape index (κ1) is 90.7. The molecule has 3 rings (SSSR count). The normalized spacial score (nSPS) is 22.6. The van der Waals surface area contributed by atoms with Gasteiger partial charge in [-0.3, -0.25) is 62.3 Å². The number of aliphatic hydroxyl groups excluding tert-OH is 1. The number of allylic oxidation sites excluding steroid dienone is 1. The third-order valence-electron chi connectivity index (χ3n) is 19.3. The first-order chi connectivity index (χ1) is 49.2. The molecule has 590 valence electrons. The lowest BCUT2D eigenvalue weighted by Gasteiger charge is -2.33. The summed E-state index contributed by atoms with van der Waals surface area (Å²) in [5.74, 6) is -15.1. The van der Waals surface area contributed by atoms with Crippen LogP contribution < -0.4 is 69.5 Å². The standard InChI is InChI=1S/C75H124N14O16/c1-20-44(16)59(71(100)88-62-47(19)105-75(104)58(43(14)15)84-63(92)49(22-3)77-65(94)51(37-48-30-24-23-25-31-48)79-67(96)55(40(8)9)81-70(99)60(45(17)21-2)86-73(62)102)85-64(93)50(32-27-35-76)78-66(95)52-33-28-36-89(52)74(103)57(42(12)13)83-69(98)56(41(10)11)82-72(101)61(46(18)90)87-68(97)54(39(6)7)80-53(91)34-26-29-38(4)5/h22-25,30-31,38-47,50-52,54-62,90H,20-21,26-29,32-37,76H2,1-19H3,(H,77,94)(H,78,95)(H,79,96)(H,80,91)(H,81,99)(H,82,101)(H,83,98)(H,84,92)(H,85,93)(H,86,102)(H,87,97)(H,88,100)/b49-22-/t44?,45?,46?,47?,50-,51-,52+,54?,55?,56?,57?,58?,59+,60+,61?,62?/m0/s1. The van der Waals surface area contributed by atoms with Crippen molar-refractivity contribution in [3.8, 4) is 0 Å². The van der Waals surface area contributed by atoms with Crippen LogP contribution in [0, 0.1) is 47.3 Å². The minimum Gasteiger partial charge on any atom is -0.458 e. The van der Waals surface area contributed by atoms with Gasteiger partial charge >= 0.3 is 5.97 Å². The quantitative estimate of drug-likeness (QED) is 0.0353. The number of carbonyl (C=O) groups excluding carboxylic acids is 14. The van der Waals surface area contributed by atoms with Crippen LogP contribution in [0.3, 0.4) is 0 Å². The zero-order valence-corrected chi connectivity index (χ0v) is 65.2. The first-order valence-electron chi connectivity index (χ1n) is 37.5. The molecule has 0 radical (unpaired) electrons. The number of likely N-dealkylation sites (tertiary alicyclic amines) is 1. The van der Waals surface area contributed by atoms with E-state index < -0.39 is 203 Å². The van der Waals surface area contributed by atoms with Gasteiger partial charge in [0.05, 0.1) is 6.10 Å². The number of nitrogens with one attached hydrogen (secondary N) is 12. The van der Waals surface area contributed by atoms with Crippen molar-refractivity contribution < 1.29 is 77.0 Å². The molecule has 16 atom stereocenters. The molecule has 2 aliphatic rings. The van der Waals surface area contributed by atoms with Crippen molar-refractivity contribution in [1.82, 2.24) is 68.7 Å². The van der Waals surface area contributed by atoms with Crippen molar-refractivity contribution in [2.75, 3.05) is 13.1 Å². The molecule has 0 saturated carbocycles. The monoisotopic (exact) mass is 1480 g/mol. The molecular formula is C75H124N14O16. The Hall–Kier alpha value is -8.54. The second kappa shape index (κ2) is 43.8. The van der Waals surface area contributed by atoms with Crippen molar-refractivity contribution in [1.29, 1.82) is 0 Å². The molecule has 105 heavy (non-hydrogen) atoms. The molecule has 2 aliphatic heterocycles. The molecule has 30 heteroatoms. The smallest absolute Gasteiger partial charge is 0.329 e. The number of esters is 1. The molecule has 11 unspecified atom stereocenters. The van der Waals surface area contributed by atoms with E-state index in [0.717, 1.165) is 6.42 Å². The van der Waals surface area contributed by atoms with Crippen LogP contribution in [0.25, 0.3) is 0 Å². The molecule has 15 N–H and O–H groups in total. The lowest BCUT2D eigenvalue weighted by atomic mass is 9.95. The van der Waals surface area contributed by atoms with E-state index in [1.807, 2.05) is 13.8 Å². The van der Waals surface area contributed by atoms with E-state index >= 15 is 9.59 Å². The van der Waals surface area contributed by atoms with Crippen LogP contribution in [0.2, 0.25) is 0 Å². The van der Waals surface area contributed by atoms with Crippen LogP contribution in [0.15, 0.2) is 42.1 Å². The topological polar surface area (TPSA) is 442 Å². The Morgan fingerprint density at radius 1 is 0.610 bits per heavy atom. The summed E-state index contributed by atoms with van der Waals surface area (Å²) in [4.78, 5) is 202. The van der Waals surface area contributed by atoms with E-state index in [1.165, 1.54) is 31.7 Å². The average Bonchev–Trinajstić information content (AvgIpc) is 1.79. The maximum absolute atomic E-state index is 15.0. The maximum Gasteiger partial charge on any atom is 0.329 e. The van der Waals surface area contributed by atoms with Crippen molar-refractivity contribution >= 4 is 82.8 Å². The molecule has 0 spiro atoms. The highest BCUT2D eigenvalue weighted by molar-refractivity contribution is 6.03. The summed E-state index contributed by atoms with van der Waals surface area (Å²) in [5, 5.41) is 43.2.